The van der Waals surface area contributed by atoms with Crippen molar-refractivity contribution in [1.29, 1.82) is 0 Å². The molecule has 0 fully saturated rings. The van der Waals surface area contributed by atoms with Crippen molar-refractivity contribution in [3.63, 3.8) is 0 Å². The average molecular weight is 249 g/mol. The van der Waals surface area contributed by atoms with Crippen LogP contribution in [0.5, 0.6) is 5.75 Å². The largest absolute Gasteiger partial charge is 0.496 e. The maximum atomic E-state index is 5.36. The Morgan fingerprint density at radius 1 is 0.947 bits per heavy atom. The van der Waals surface area contributed by atoms with Gasteiger partial charge < -0.3 is 9.72 Å². The summed E-state index contributed by atoms with van der Waals surface area (Å²) in [5.74, 6) is 0.896. The quantitative estimate of drug-likeness (QED) is 0.733. The molecule has 2 aromatic carbocycles. The zero-order valence-corrected chi connectivity index (χ0v) is 10.8. The molecule has 2 nitrogen and oxygen atoms in total. The van der Waals surface area contributed by atoms with E-state index in [1.165, 1.54) is 5.56 Å². The molecule has 0 aliphatic carbocycles. The van der Waals surface area contributed by atoms with Crippen molar-refractivity contribution in [2.24, 2.45) is 0 Å². The predicted molar refractivity (Wildman–Crippen MR) is 80.2 cm³/mol. The first-order valence-corrected chi connectivity index (χ1v) is 6.26. The van der Waals surface area contributed by atoms with E-state index in [-0.39, 0.29) is 0 Å². The predicted octanol–water partition coefficient (Wildman–Crippen LogP) is 4.35. The third-order valence-corrected chi connectivity index (χ3v) is 3.12. The summed E-state index contributed by atoms with van der Waals surface area (Å²) in [6, 6.07) is 18.4. The minimum Gasteiger partial charge on any atom is -0.496 e. The lowest BCUT2D eigenvalue weighted by molar-refractivity contribution is 0.420. The maximum absolute atomic E-state index is 5.36. The molecule has 0 amide bonds. The van der Waals surface area contributed by atoms with Crippen LogP contribution in [-0.4, -0.2) is 12.1 Å². The highest BCUT2D eigenvalue weighted by molar-refractivity contribution is 5.89. The van der Waals surface area contributed by atoms with Gasteiger partial charge in [-0.2, -0.15) is 0 Å². The summed E-state index contributed by atoms with van der Waals surface area (Å²) in [5.41, 5.74) is 3.35. The number of rotatable bonds is 3. The molecular weight excluding hydrogens is 234 g/mol. The molecular formula is C17H15NO. The second-order valence-corrected chi connectivity index (χ2v) is 4.39. The molecule has 0 saturated heterocycles. The van der Waals surface area contributed by atoms with E-state index in [1.54, 1.807) is 7.11 Å². The van der Waals surface area contributed by atoms with Crippen molar-refractivity contribution in [3.05, 3.63) is 65.9 Å². The number of methoxy groups -OCH3 is 1. The Morgan fingerprint density at radius 3 is 2.58 bits per heavy atom. The van der Waals surface area contributed by atoms with Gasteiger partial charge in [0.15, 0.2) is 0 Å². The van der Waals surface area contributed by atoms with Crippen LogP contribution in [0.1, 0.15) is 11.3 Å². The lowest BCUT2D eigenvalue weighted by atomic mass is 10.2. The first-order valence-electron chi connectivity index (χ1n) is 6.26. The van der Waals surface area contributed by atoms with E-state index >= 15 is 0 Å². The summed E-state index contributed by atoms with van der Waals surface area (Å²) in [6.45, 7) is 0. The van der Waals surface area contributed by atoms with Gasteiger partial charge in [-0.05, 0) is 29.8 Å². The number of ether oxygens (including phenoxy) is 1. The first-order chi connectivity index (χ1) is 9.36. The number of aromatic nitrogens is 1. The van der Waals surface area contributed by atoms with E-state index < -0.39 is 0 Å². The van der Waals surface area contributed by atoms with E-state index in [9.17, 15) is 0 Å². The Balaban J connectivity index is 1.96. The summed E-state index contributed by atoms with van der Waals surface area (Å²) in [5, 5.41) is 1.11. The molecule has 3 aromatic rings. The van der Waals surface area contributed by atoms with E-state index in [0.29, 0.717) is 0 Å². The molecule has 0 spiro atoms. The summed E-state index contributed by atoms with van der Waals surface area (Å²) >= 11 is 0. The van der Waals surface area contributed by atoms with Crippen LogP contribution in [-0.2, 0) is 0 Å². The molecule has 0 unspecified atom stereocenters. The topological polar surface area (TPSA) is 25.0 Å². The number of benzene rings is 2. The van der Waals surface area contributed by atoms with Gasteiger partial charge in [-0.15, -0.1) is 0 Å². The molecule has 0 radical (unpaired) electrons. The SMILES string of the molecule is COc1cccc2[nH]c(/C=C/c3ccccc3)cc12. The Bertz CT molecular complexity index is 710. The minimum atomic E-state index is 0.896. The van der Waals surface area contributed by atoms with Crippen LogP contribution in [0.3, 0.4) is 0 Å². The number of hydrogen-bond acceptors (Lipinski definition) is 1. The van der Waals surface area contributed by atoms with Gasteiger partial charge in [0.05, 0.1) is 7.11 Å². The standard InChI is InChI=1S/C17H15NO/c1-19-17-9-5-8-16-15(17)12-14(18-16)11-10-13-6-3-2-4-7-13/h2-12,18H,1H3/b11-10+. The van der Waals surface area contributed by atoms with Gasteiger partial charge in [0, 0.05) is 16.6 Å². The molecule has 2 heteroatoms. The van der Waals surface area contributed by atoms with Gasteiger partial charge >= 0.3 is 0 Å². The average Bonchev–Trinajstić information content (AvgIpc) is 2.89. The summed E-state index contributed by atoms with van der Waals surface area (Å²) in [4.78, 5) is 3.37. The number of fused-ring (bicyclic) bond motifs is 1. The smallest absolute Gasteiger partial charge is 0.128 e. The van der Waals surface area contributed by atoms with Crippen LogP contribution >= 0.6 is 0 Å². The normalized spacial score (nSPS) is 11.2. The lowest BCUT2D eigenvalue weighted by Gasteiger charge is -1.99. The molecule has 1 aromatic heterocycles. The van der Waals surface area contributed by atoms with Crippen LogP contribution in [0, 0.1) is 0 Å². The second kappa shape index (κ2) is 5.02. The van der Waals surface area contributed by atoms with E-state index in [1.807, 2.05) is 30.3 Å². The Hall–Kier alpha value is -2.48. The molecule has 3 rings (SSSR count). The fourth-order valence-electron chi connectivity index (χ4n) is 2.17. The van der Waals surface area contributed by atoms with E-state index in [4.69, 9.17) is 4.74 Å². The maximum Gasteiger partial charge on any atom is 0.128 e. The van der Waals surface area contributed by atoms with Crippen molar-refractivity contribution < 1.29 is 4.74 Å². The molecule has 1 heterocycles. The number of hydrogen-bond donors (Lipinski definition) is 1. The second-order valence-electron chi connectivity index (χ2n) is 4.39. The first kappa shape index (κ1) is 11.6. The zero-order chi connectivity index (χ0) is 13.1. The zero-order valence-electron chi connectivity index (χ0n) is 10.8. The van der Waals surface area contributed by atoms with Crippen molar-refractivity contribution in [3.8, 4) is 5.75 Å². The summed E-state index contributed by atoms with van der Waals surface area (Å²) < 4.78 is 5.36. The third-order valence-electron chi connectivity index (χ3n) is 3.12. The van der Waals surface area contributed by atoms with Crippen LogP contribution in [0.25, 0.3) is 23.1 Å². The van der Waals surface area contributed by atoms with Gasteiger partial charge in [-0.3, -0.25) is 0 Å². The molecule has 0 aliphatic heterocycles. The Morgan fingerprint density at radius 2 is 1.79 bits per heavy atom. The van der Waals surface area contributed by atoms with Crippen molar-refractivity contribution in [2.45, 2.75) is 0 Å². The monoisotopic (exact) mass is 249 g/mol. The number of nitrogens with one attached hydrogen (secondary N) is 1. The summed E-state index contributed by atoms with van der Waals surface area (Å²) in [7, 11) is 1.70. The van der Waals surface area contributed by atoms with Gasteiger partial charge in [-0.25, -0.2) is 0 Å². The third kappa shape index (κ3) is 2.38. The highest BCUT2D eigenvalue weighted by Gasteiger charge is 2.03. The molecule has 94 valence electrons. The summed E-state index contributed by atoms with van der Waals surface area (Å²) in [6.07, 6.45) is 4.17. The number of aromatic amines is 1. The highest BCUT2D eigenvalue weighted by Crippen LogP contribution is 2.26. The molecule has 0 saturated carbocycles. The van der Waals surface area contributed by atoms with Gasteiger partial charge in [0.1, 0.15) is 5.75 Å². The van der Waals surface area contributed by atoms with Gasteiger partial charge in [0.2, 0.25) is 0 Å². The van der Waals surface area contributed by atoms with Crippen LogP contribution in [0.15, 0.2) is 54.6 Å². The number of H-pyrrole nitrogens is 1. The van der Waals surface area contributed by atoms with Crippen LogP contribution in [0.2, 0.25) is 0 Å². The van der Waals surface area contributed by atoms with Crippen molar-refractivity contribution in [2.75, 3.05) is 7.11 Å². The van der Waals surface area contributed by atoms with Gasteiger partial charge in [0.25, 0.3) is 0 Å². The molecule has 1 N–H and O–H groups in total. The van der Waals surface area contributed by atoms with E-state index in [2.05, 4.69) is 41.4 Å². The van der Waals surface area contributed by atoms with Crippen molar-refractivity contribution >= 4 is 23.1 Å². The molecule has 0 atom stereocenters. The minimum absolute atomic E-state index is 0.896. The Kier molecular flexibility index (Phi) is 3.07. The molecule has 19 heavy (non-hydrogen) atoms. The fourth-order valence-corrected chi connectivity index (χ4v) is 2.17. The fraction of sp³-hybridized carbons (Fsp3) is 0.0588. The lowest BCUT2D eigenvalue weighted by Crippen LogP contribution is -1.81. The van der Waals surface area contributed by atoms with Gasteiger partial charge in [-0.1, -0.05) is 42.5 Å². The van der Waals surface area contributed by atoms with Crippen LogP contribution in [0.4, 0.5) is 0 Å². The Labute approximate surface area is 112 Å². The molecule has 0 bridgehead atoms. The highest BCUT2D eigenvalue weighted by atomic mass is 16.5. The van der Waals surface area contributed by atoms with E-state index in [0.717, 1.165) is 22.3 Å². The van der Waals surface area contributed by atoms with Crippen molar-refractivity contribution in [1.82, 2.24) is 4.98 Å². The molecule has 0 aliphatic rings. The van der Waals surface area contributed by atoms with Crippen LogP contribution < -0.4 is 4.74 Å².